The summed E-state index contributed by atoms with van der Waals surface area (Å²) in [6.45, 7) is 3.15. The van der Waals surface area contributed by atoms with Crippen molar-refractivity contribution in [3.05, 3.63) is 71.6 Å². The molecular weight excluding hydrogens is 426 g/mol. The number of aliphatic carboxylic acids is 2. The van der Waals surface area contributed by atoms with E-state index in [1.165, 1.54) is 10.9 Å². The second-order valence-electron chi connectivity index (χ2n) is 5.70. The highest BCUT2D eigenvalue weighted by Gasteiger charge is 2.10. The summed E-state index contributed by atoms with van der Waals surface area (Å²) in [4.78, 5) is 23.2. The third-order valence-corrected chi connectivity index (χ3v) is 4.15. The van der Waals surface area contributed by atoms with Crippen LogP contribution < -0.4 is 5.01 Å². The fourth-order valence-corrected chi connectivity index (χ4v) is 2.92. The highest BCUT2D eigenvalue weighted by molar-refractivity contribution is 9.10. The van der Waals surface area contributed by atoms with Gasteiger partial charge in [-0.2, -0.15) is 0 Å². The predicted molar refractivity (Wildman–Crippen MR) is 111 cm³/mol. The number of hydrogen-bond acceptors (Lipinski definition) is 4. The molecule has 3 rings (SSSR count). The maximum atomic E-state index is 9.55. The van der Waals surface area contributed by atoms with E-state index in [0.717, 1.165) is 23.1 Å². The molecular formula is C20H20BrN3O4. The largest absolute Gasteiger partial charge is 0.478 e. The van der Waals surface area contributed by atoms with Crippen LogP contribution in [-0.2, 0) is 9.59 Å². The molecule has 8 heteroatoms. The Bertz CT molecular complexity index is 954. The maximum Gasteiger partial charge on any atom is 0.328 e. The molecule has 28 heavy (non-hydrogen) atoms. The lowest BCUT2D eigenvalue weighted by Crippen LogP contribution is -2.29. The van der Waals surface area contributed by atoms with Crippen LogP contribution in [0, 0.1) is 0 Å². The van der Waals surface area contributed by atoms with Crippen molar-refractivity contribution in [2.75, 3.05) is 11.6 Å². The molecule has 1 aromatic carbocycles. The average molecular weight is 446 g/mol. The van der Waals surface area contributed by atoms with Gasteiger partial charge >= 0.3 is 11.9 Å². The molecule has 0 unspecified atom stereocenters. The molecule has 0 amide bonds. The second-order valence-corrected chi connectivity index (χ2v) is 6.62. The van der Waals surface area contributed by atoms with E-state index in [9.17, 15) is 9.59 Å². The molecule has 3 aromatic rings. The molecule has 2 aromatic heterocycles. The van der Waals surface area contributed by atoms with Crippen molar-refractivity contribution in [1.82, 2.24) is 9.66 Å². The minimum Gasteiger partial charge on any atom is -0.478 e. The van der Waals surface area contributed by atoms with Gasteiger partial charge in [0.2, 0.25) is 0 Å². The molecule has 0 spiro atoms. The van der Waals surface area contributed by atoms with Gasteiger partial charge in [-0.05, 0) is 42.8 Å². The van der Waals surface area contributed by atoms with E-state index in [-0.39, 0.29) is 0 Å². The smallest absolute Gasteiger partial charge is 0.328 e. The monoisotopic (exact) mass is 445 g/mol. The predicted octanol–water partition coefficient (Wildman–Crippen LogP) is 4.19. The molecule has 0 saturated heterocycles. The highest BCUT2D eigenvalue weighted by Crippen LogP contribution is 2.24. The zero-order chi connectivity index (χ0) is 20.5. The van der Waals surface area contributed by atoms with E-state index in [0.29, 0.717) is 12.2 Å². The molecule has 146 valence electrons. The Balaban J connectivity index is 0.000000300. The van der Waals surface area contributed by atoms with E-state index in [2.05, 4.69) is 68.0 Å². The minimum absolute atomic E-state index is 0.558. The molecule has 0 saturated carbocycles. The first-order valence-electron chi connectivity index (χ1n) is 8.50. The molecule has 7 nitrogen and oxygen atoms in total. The Morgan fingerprint density at radius 3 is 2.32 bits per heavy atom. The Hall–Kier alpha value is -3.13. The maximum absolute atomic E-state index is 9.55. The van der Waals surface area contributed by atoms with Gasteiger partial charge < -0.3 is 10.2 Å². The van der Waals surface area contributed by atoms with Crippen molar-refractivity contribution in [3.63, 3.8) is 0 Å². The summed E-state index contributed by atoms with van der Waals surface area (Å²) in [7, 11) is 0. The Labute approximate surface area is 170 Å². The normalized spacial score (nSPS) is 10.5. The summed E-state index contributed by atoms with van der Waals surface area (Å²) < 4.78 is 3.31. The number of hydrogen-bond donors (Lipinski definition) is 2. The van der Waals surface area contributed by atoms with Crippen LogP contribution in [0.3, 0.4) is 0 Å². The topological polar surface area (TPSA) is 95.7 Å². The number of benzene rings is 1. The van der Waals surface area contributed by atoms with Crippen LogP contribution in [0.5, 0.6) is 0 Å². The first-order chi connectivity index (χ1) is 13.4. The first kappa shape index (κ1) is 21.2. The Morgan fingerprint density at radius 1 is 1.11 bits per heavy atom. The first-order valence-corrected chi connectivity index (χ1v) is 9.30. The number of halogens is 1. The Morgan fingerprint density at radius 2 is 1.75 bits per heavy atom. The molecule has 0 aliphatic rings. The van der Waals surface area contributed by atoms with Gasteiger partial charge in [0, 0.05) is 47.1 Å². The number of anilines is 1. The van der Waals surface area contributed by atoms with Gasteiger partial charge in [0.15, 0.2) is 0 Å². The van der Waals surface area contributed by atoms with Crippen LogP contribution >= 0.6 is 15.9 Å². The van der Waals surface area contributed by atoms with Gasteiger partial charge in [0.1, 0.15) is 0 Å². The zero-order valence-corrected chi connectivity index (χ0v) is 16.8. The van der Waals surface area contributed by atoms with Gasteiger partial charge in [0.25, 0.3) is 0 Å². The minimum atomic E-state index is -1.26. The van der Waals surface area contributed by atoms with Crippen molar-refractivity contribution < 1.29 is 19.8 Å². The standard InChI is InChI=1S/C16H16BrN3.C4H4O4/c1-2-10-19(15-5-8-18-9-6-15)20-11-7-13-12-14(17)3-4-16(13)20;5-3(6)1-2-4(7)8/h3-9,11-12H,2,10H2,1H3;1-2H,(H,5,6)(H,7,8)/b;2-1-. The molecule has 0 radical (unpaired) electrons. The van der Waals surface area contributed by atoms with Crippen LogP contribution in [0.4, 0.5) is 5.69 Å². The third-order valence-electron chi connectivity index (χ3n) is 3.66. The number of fused-ring (bicyclic) bond motifs is 1. The number of rotatable bonds is 6. The van der Waals surface area contributed by atoms with Crippen LogP contribution in [0.25, 0.3) is 10.9 Å². The zero-order valence-electron chi connectivity index (χ0n) is 15.2. The lowest BCUT2D eigenvalue weighted by molar-refractivity contribution is -0.134. The fraction of sp³-hybridized carbons (Fsp3) is 0.150. The lowest BCUT2D eigenvalue weighted by Gasteiger charge is -2.26. The molecule has 0 aliphatic heterocycles. The number of aromatic nitrogens is 2. The summed E-state index contributed by atoms with van der Waals surface area (Å²) in [5, 5.41) is 19.1. The Kier molecular flexibility index (Phi) is 7.76. The summed E-state index contributed by atoms with van der Waals surface area (Å²) in [5.74, 6) is -2.51. The van der Waals surface area contributed by atoms with Crippen LogP contribution in [0.15, 0.2) is 71.6 Å². The SMILES string of the molecule is CCCN(c1ccncc1)n1ccc2cc(Br)ccc21.O=C(O)/C=C\C(=O)O. The van der Waals surface area contributed by atoms with Gasteiger partial charge in [-0.25, -0.2) is 9.59 Å². The average Bonchev–Trinajstić information content (AvgIpc) is 3.08. The van der Waals surface area contributed by atoms with Crippen molar-refractivity contribution in [2.45, 2.75) is 13.3 Å². The molecule has 2 N–H and O–H groups in total. The number of carbonyl (C=O) groups is 2. The number of nitrogens with zero attached hydrogens (tertiary/aromatic N) is 3. The van der Waals surface area contributed by atoms with Gasteiger partial charge in [-0.3, -0.25) is 14.7 Å². The number of pyridine rings is 1. The van der Waals surface area contributed by atoms with Crippen LogP contribution in [-0.4, -0.2) is 38.4 Å². The lowest BCUT2D eigenvalue weighted by atomic mass is 10.2. The number of carboxylic acid groups (broad SMARTS) is 2. The van der Waals surface area contributed by atoms with Crippen molar-refractivity contribution >= 4 is 44.5 Å². The van der Waals surface area contributed by atoms with Crippen LogP contribution in [0.1, 0.15) is 13.3 Å². The summed E-state index contributed by atoms with van der Waals surface area (Å²) in [5.41, 5.74) is 2.36. The van der Waals surface area contributed by atoms with Crippen LogP contribution in [0.2, 0.25) is 0 Å². The van der Waals surface area contributed by atoms with E-state index in [1.54, 1.807) is 0 Å². The summed E-state index contributed by atoms with van der Waals surface area (Å²) in [6.07, 6.45) is 7.98. The molecule has 0 bridgehead atoms. The van der Waals surface area contributed by atoms with E-state index < -0.39 is 11.9 Å². The fourth-order valence-electron chi connectivity index (χ4n) is 2.54. The molecule has 0 atom stereocenters. The van der Waals surface area contributed by atoms with E-state index >= 15 is 0 Å². The molecule has 0 aliphatic carbocycles. The van der Waals surface area contributed by atoms with E-state index in [1.807, 2.05) is 24.5 Å². The highest BCUT2D eigenvalue weighted by atomic mass is 79.9. The molecule has 0 fully saturated rings. The van der Waals surface area contributed by atoms with Gasteiger partial charge in [-0.15, -0.1) is 0 Å². The summed E-state index contributed by atoms with van der Waals surface area (Å²) >= 11 is 3.52. The van der Waals surface area contributed by atoms with Crippen molar-refractivity contribution in [3.8, 4) is 0 Å². The summed E-state index contributed by atoms with van der Waals surface area (Å²) in [6, 6.07) is 12.6. The van der Waals surface area contributed by atoms with Crippen molar-refractivity contribution in [1.29, 1.82) is 0 Å². The second kappa shape index (κ2) is 10.3. The van der Waals surface area contributed by atoms with Crippen molar-refractivity contribution in [2.24, 2.45) is 0 Å². The van der Waals surface area contributed by atoms with Gasteiger partial charge in [0.05, 0.1) is 11.2 Å². The molecule has 2 heterocycles. The van der Waals surface area contributed by atoms with Gasteiger partial charge in [-0.1, -0.05) is 22.9 Å². The van der Waals surface area contributed by atoms with E-state index in [4.69, 9.17) is 10.2 Å². The third kappa shape index (κ3) is 5.95. The number of carboxylic acids is 2. The quantitative estimate of drug-likeness (QED) is 0.552.